The second-order valence-electron chi connectivity index (χ2n) is 8.26. The third-order valence-electron chi connectivity index (χ3n) is 5.70. The number of aryl methyl sites for hydroxylation is 1. The summed E-state index contributed by atoms with van der Waals surface area (Å²) in [6, 6.07) is 10.1. The number of hydrogen-bond acceptors (Lipinski definition) is 7. The first-order valence-corrected chi connectivity index (χ1v) is 13.3. The van der Waals surface area contributed by atoms with E-state index in [1.165, 1.54) is 0 Å². The molecule has 0 aliphatic heterocycles. The molecule has 0 atom stereocenters. The van der Waals surface area contributed by atoms with Gasteiger partial charge in [0.05, 0.1) is 26.5 Å². The van der Waals surface area contributed by atoms with Gasteiger partial charge in [0.2, 0.25) is 0 Å². The molecule has 0 fully saturated rings. The molecule has 0 unspecified atom stereocenters. The van der Waals surface area contributed by atoms with E-state index >= 15 is 0 Å². The Morgan fingerprint density at radius 1 is 1.17 bits per heavy atom. The van der Waals surface area contributed by atoms with Crippen LogP contribution in [0.4, 0.5) is 5.69 Å². The van der Waals surface area contributed by atoms with Gasteiger partial charge in [-0.3, -0.25) is 0 Å². The van der Waals surface area contributed by atoms with E-state index in [9.17, 15) is 0 Å². The Bertz CT molecular complexity index is 1390. The van der Waals surface area contributed by atoms with Crippen LogP contribution in [0.2, 0.25) is 0 Å². The third-order valence-corrected chi connectivity index (χ3v) is 7.10. The van der Waals surface area contributed by atoms with E-state index in [0.717, 1.165) is 76.1 Å². The summed E-state index contributed by atoms with van der Waals surface area (Å²) >= 11 is 5.43. The average molecular weight is 552 g/mol. The highest BCUT2D eigenvalue weighted by Gasteiger charge is 2.18. The molecule has 10 heteroatoms. The third kappa shape index (κ3) is 5.29. The van der Waals surface area contributed by atoms with Gasteiger partial charge in [-0.25, -0.2) is 19.6 Å². The fourth-order valence-electron chi connectivity index (χ4n) is 4.09. The van der Waals surface area contributed by atoms with Gasteiger partial charge in [-0.15, -0.1) is 11.3 Å². The molecule has 5 rings (SSSR count). The van der Waals surface area contributed by atoms with Crippen molar-refractivity contribution in [2.24, 2.45) is 0 Å². The number of fused-ring (bicyclic) bond motifs is 1. The molecule has 0 bridgehead atoms. The molecule has 0 saturated heterocycles. The van der Waals surface area contributed by atoms with Crippen LogP contribution in [0.3, 0.4) is 0 Å². The van der Waals surface area contributed by atoms with Crippen LogP contribution in [0.1, 0.15) is 24.0 Å². The number of rotatable bonds is 10. The van der Waals surface area contributed by atoms with Gasteiger partial charge in [0.1, 0.15) is 11.3 Å². The number of halogens is 1. The number of anilines is 1. The van der Waals surface area contributed by atoms with Crippen molar-refractivity contribution in [2.75, 3.05) is 24.5 Å². The molecule has 5 aromatic rings. The predicted octanol–water partition coefficient (Wildman–Crippen LogP) is 5.34. The molecule has 0 saturated carbocycles. The highest BCUT2D eigenvalue weighted by atomic mass is 79.9. The Balaban J connectivity index is 1.37. The summed E-state index contributed by atoms with van der Waals surface area (Å²) in [5.41, 5.74) is 5.85. The van der Waals surface area contributed by atoms with Crippen LogP contribution < -0.4 is 10.2 Å². The Labute approximate surface area is 216 Å². The molecule has 0 amide bonds. The Kier molecular flexibility index (Phi) is 7.21. The molecule has 0 radical (unpaired) electrons. The number of thiazole rings is 1. The number of imidazole rings is 1. The van der Waals surface area contributed by atoms with Gasteiger partial charge in [-0.2, -0.15) is 5.10 Å². The minimum absolute atomic E-state index is 0.710. The standard InChI is InChI=1S/C25H27BrN8S/c1-3-11-33(13-10-27-14-19-16-35-17(2)30-19)23-21(26)15-28-25-22(23)31-24(32-25)18-5-7-20(8-6-18)34-12-4-9-29-34/h4-9,12,15-16,27H,3,10-11,13-14H2,1-2H3,(H,28,31,32). The van der Waals surface area contributed by atoms with Gasteiger partial charge in [0, 0.05) is 55.7 Å². The number of aromatic amines is 1. The summed E-state index contributed by atoms with van der Waals surface area (Å²) in [5, 5.41) is 11.0. The van der Waals surface area contributed by atoms with E-state index in [-0.39, 0.29) is 0 Å². The second-order valence-corrected chi connectivity index (χ2v) is 10.2. The molecule has 4 aromatic heterocycles. The summed E-state index contributed by atoms with van der Waals surface area (Å²) < 4.78 is 2.80. The summed E-state index contributed by atoms with van der Waals surface area (Å²) in [6.07, 6.45) is 6.59. The SMILES string of the molecule is CCCN(CCNCc1csc(C)n1)c1c(Br)cnc2nc(-c3ccc(-n4cccn4)cc3)[nH]c12. The van der Waals surface area contributed by atoms with Crippen LogP contribution in [0, 0.1) is 6.92 Å². The zero-order valence-corrected chi connectivity index (χ0v) is 22.1. The number of pyridine rings is 1. The van der Waals surface area contributed by atoms with Gasteiger partial charge >= 0.3 is 0 Å². The van der Waals surface area contributed by atoms with Gasteiger partial charge in [-0.05, 0) is 59.6 Å². The molecule has 1 aromatic carbocycles. The molecular weight excluding hydrogens is 524 g/mol. The van der Waals surface area contributed by atoms with Crippen molar-refractivity contribution in [3.8, 4) is 17.1 Å². The van der Waals surface area contributed by atoms with Crippen LogP contribution in [0.5, 0.6) is 0 Å². The predicted molar refractivity (Wildman–Crippen MR) is 145 cm³/mol. The van der Waals surface area contributed by atoms with Crippen molar-refractivity contribution >= 4 is 44.1 Å². The monoisotopic (exact) mass is 550 g/mol. The zero-order chi connectivity index (χ0) is 24.2. The topological polar surface area (TPSA) is 87.5 Å². The van der Waals surface area contributed by atoms with Crippen molar-refractivity contribution in [1.82, 2.24) is 35.0 Å². The lowest BCUT2D eigenvalue weighted by Gasteiger charge is -2.26. The minimum Gasteiger partial charge on any atom is -0.368 e. The minimum atomic E-state index is 0.710. The molecule has 4 heterocycles. The van der Waals surface area contributed by atoms with E-state index in [0.29, 0.717) is 5.65 Å². The first-order chi connectivity index (χ1) is 17.1. The molecule has 0 spiro atoms. The van der Waals surface area contributed by atoms with E-state index < -0.39 is 0 Å². The molecule has 180 valence electrons. The van der Waals surface area contributed by atoms with Crippen molar-refractivity contribution in [1.29, 1.82) is 0 Å². The number of nitrogens with one attached hydrogen (secondary N) is 2. The summed E-state index contributed by atoms with van der Waals surface area (Å²) in [6.45, 7) is 7.66. The molecule has 0 aliphatic rings. The smallest absolute Gasteiger partial charge is 0.180 e. The van der Waals surface area contributed by atoms with E-state index in [2.05, 4.69) is 70.6 Å². The quantitative estimate of drug-likeness (QED) is 0.228. The van der Waals surface area contributed by atoms with Gasteiger partial charge in [0.25, 0.3) is 0 Å². The highest BCUT2D eigenvalue weighted by molar-refractivity contribution is 9.10. The van der Waals surface area contributed by atoms with Crippen LogP contribution in [-0.4, -0.2) is 49.4 Å². The summed E-state index contributed by atoms with van der Waals surface area (Å²) in [5.74, 6) is 0.798. The summed E-state index contributed by atoms with van der Waals surface area (Å²) in [4.78, 5) is 19.8. The second kappa shape index (κ2) is 10.7. The van der Waals surface area contributed by atoms with Crippen LogP contribution in [0.15, 0.2) is 58.8 Å². The first kappa shape index (κ1) is 23.7. The Hall–Kier alpha value is -3.08. The fourth-order valence-corrected chi connectivity index (χ4v) is 5.25. The maximum atomic E-state index is 4.80. The lowest BCUT2D eigenvalue weighted by Crippen LogP contribution is -2.33. The first-order valence-electron chi connectivity index (χ1n) is 11.6. The number of hydrogen-bond donors (Lipinski definition) is 2. The highest BCUT2D eigenvalue weighted by Crippen LogP contribution is 2.34. The molecular formula is C25H27BrN8S. The largest absolute Gasteiger partial charge is 0.368 e. The van der Waals surface area contributed by atoms with Crippen molar-refractivity contribution in [2.45, 2.75) is 26.8 Å². The number of H-pyrrole nitrogens is 1. The average Bonchev–Trinajstić information content (AvgIpc) is 3.63. The number of nitrogens with zero attached hydrogens (tertiary/aromatic N) is 6. The zero-order valence-electron chi connectivity index (χ0n) is 19.7. The van der Waals surface area contributed by atoms with Gasteiger partial charge < -0.3 is 15.2 Å². The lowest BCUT2D eigenvalue weighted by atomic mass is 10.2. The van der Waals surface area contributed by atoms with E-state index in [4.69, 9.17) is 4.98 Å². The number of aromatic nitrogens is 6. The van der Waals surface area contributed by atoms with E-state index in [1.807, 2.05) is 42.2 Å². The lowest BCUT2D eigenvalue weighted by molar-refractivity contribution is 0.647. The molecule has 2 N–H and O–H groups in total. The van der Waals surface area contributed by atoms with E-state index in [1.54, 1.807) is 17.5 Å². The van der Waals surface area contributed by atoms with Gasteiger partial charge in [0.15, 0.2) is 5.65 Å². The molecule has 0 aliphatic carbocycles. The van der Waals surface area contributed by atoms with Crippen molar-refractivity contribution in [3.05, 3.63) is 69.5 Å². The van der Waals surface area contributed by atoms with Crippen molar-refractivity contribution < 1.29 is 0 Å². The summed E-state index contributed by atoms with van der Waals surface area (Å²) in [7, 11) is 0. The normalized spacial score (nSPS) is 11.4. The van der Waals surface area contributed by atoms with Gasteiger partial charge in [-0.1, -0.05) is 6.92 Å². The Morgan fingerprint density at radius 2 is 2.03 bits per heavy atom. The Morgan fingerprint density at radius 3 is 2.74 bits per heavy atom. The van der Waals surface area contributed by atoms with Crippen LogP contribution in [-0.2, 0) is 6.54 Å². The van der Waals surface area contributed by atoms with Crippen molar-refractivity contribution in [3.63, 3.8) is 0 Å². The molecule has 8 nitrogen and oxygen atoms in total. The van der Waals surface area contributed by atoms with Crippen LogP contribution in [0.25, 0.3) is 28.2 Å². The fraction of sp³-hybridized carbons (Fsp3) is 0.280. The maximum absolute atomic E-state index is 4.80. The maximum Gasteiger partial charge on any atom is 0.180 e. The molecule has 35 heavy (non-hydrogen) atoms. The van der Waals surface area contributed by atoms with Crippen LogP contribution >= 0.6 is 27.3 Å². The number of benzene rings is 1.